The van der Waals surface area contributed by atoms with E-state index in [1.165, 1.54) is 0 Å². The minimum atomic E-state index is 0.0650. The van der Waals surface area contributed by atoms with E-state index in [0.29, 0.717) is 6.42 Å². The van der Waals surface area contributed by atoms with Crippen LogP contribution < -0.4 is 11.1 Å². The lowest BCUT2D eigenvalue weighted by molar-refractivity contribution is -0.124. The lowest BCUT2D eigenvalue weighted by atomic mass is 9.79. The van der Waals surface area contributed by atoms with E-state index >= 15 is 0 Å². The van der Waals surface area contributed by atoms with E-state index in [-0.39, 0.29) is 23.4 Å². The molecule has 1 aliphatic rings. The van der Waals surface area contributed by atoms with Gasteiger partial charge in [-0.25, -0.2) is 0 Å². The molecular weight excluding hydrogens is 152 g/mol. The zero-order valence-corrected chi connectivity index (χ0v) is 8.05. The van der Waals surface area contributed by atoms with Crippen LogP contribution in [0.1, 0.15) is 33.6 Å². The Kier molecular flexibility index (Phi) is 2.42. The van der Waals surface area contributed by atoms with E-state index in [4.69, 9.17) is 5.73 Å². The van der Waals surface area contributed by atoms with Crippen molar-refractivity contribution in [1.82, 2.24) is 5.32 Å². The third kappa shape index (κ3) is 1.97. The van der Waals surface area contributed by atoms with Crippen LogP contribution in [0, 0.1) is 5.41 Å². The van der Waals surface area contributed by atoms with Crippen LogP contribution >= 0.6 is 0 Å². The smallest absolute Gasteiger partial charge is 0.220 e. The standard InChI is InChI=1S/C9H18N2O/c1-9(2,3)8-6(10)4-5-7(12)11-8/h6,8H,4-5,10H2,1-3H3,(H,11,12)/t6-,8+/m1/s1. The van der Waals surface area contributed by atoms with E-state index in [1.807, 2.05) is 0 Å². The van der Waals surface area contributed by atoms with E-state index in [1.54, 1.807) is 0 Å². The number of nitrogens with one attached hydrogen (secondary N) is 1. The normalized spacial score (nSPS) is 31.5. The molecule has 0 aliphatic carbocycles. The third-order valence-corrected chi connectivity index (χ3v) is 2.38. The summed E-state index contributed by atoms with van der Waals surface area (Å²) >= 11 is 0. The van der Waals surface area contributed by atoms with E-state index in [9.17, 15) is 4.79 Å². The molecule has 0 aromatic carbocycles. The average molecular weight is 170 g/mol. The summed E-state index contributed by atoms with van der Waals surface area (Å²) < 4.78 is 0. The molecule has 0 aromatic rings. The molecule has 1 amide bonds. The molecule has 3 nitrogen and oxygen atoms in total. The number of piperidine rings is 1. The van der Waals surface area contributed by atoms with Crippen LogP contribution in [0.5, 0.6) is 0 Å². The summed E-state index contributed by atoms with van der Waals surface area (Å²) in [4.78, 5) is 11.1. The summed E-state index contributed by atoms with van der Waals surface area (Å²) in [5.41, 5.74) is 5.98. The van der Waals surface area contributed by atoms with Gasteiger partial charge in [0, 0.05) is 18.5 Å². The molecule has 3 heteroatoms. The summed E-state index contributed by atoms with van der Waals surface area (Å²) in [6.07, 6.45) is 1.39. The fourth-order valence-electron chi connectivity index (χ4n) is 1.68. The molecule has 1 heterocycles. The maximum absolute atomic E-state index is 11.1. The van der Waals surface area contributed by atoms with Crippen LogP contribution in [0.4, 0.5) is 0 Å². The van der Waals surface area contributed by atoms with E-state index < -0.39 is 0 Å². The van der Waals surface area contributed by atoms with Crippen molar-refractivity contribution in [1.29, 1.82) is 0 Å². The molecule has 0 saturated carbocycles. The van der Waals surface area contributed by atoms with E-state index in [2.05, 4.69) is 26.1 Å². The lowest BCUT2D eigenvalue weighted by Crippen LogP contribution is -2.57. The first kappa shape index (κ1) is 9.52. The number of amides is 1. The third-order valence-electron chi connectivity index (χ3n) is 2.38. The zero-order valence-electron chi connectivity index (χ0n) is 8.05. The summed E-state index contributed by atoms with van der Waals surface area (Å²) in [5.74, 6) is 0.136. The van der Waals surface area contributed by atoms with Gasteiger partial charge in [0.2, 0.25) is 5.91 Å². The maximum Gasteiger partial charge on any atom is 0.220 e. The largest absolute Gasteiger partial charge is 0.351 e. The van der Waals surface area contributed by atoms with Gasteiger partial charge in [-0.05, 0) is 11.8 Å². The highest BCUT2D eigenvalue weighted by Gasteiger charge is 2.34. The Bertz CT molecular complexity index is 183. The molecule has 0 radical (unpaired) electrons. The Morgan fingerprint density at radius 3 is 2.50 bits per heavy atom. The van der Waals surface area contributed by atoms with Crippen molar-refractivity contribution in [3.05, 3.63) is 0 Å². The molecule has 0 spiro atoms. The first-order valence-electron chi connectivity index (χ1n) is 4.46. The SMILES string of the molecule is CC(C)(C)[C@H]1NC(=O)CC[C@H]1N. The minimum Gasteiger partial charge on any atom is -0.351 e. The molecule has 0 bridgehead atoms. The fourth-order valence-corrected chi connectivity index (χ4v) is 1.68. The first-order valence-corrected chi connectivity index (χ1v) is 4.46. The van der Waals surface area contributed by atoms with Crippen LogP contribution in [-0.2, 0) is 4.79 Å². The van der Waals surface area contributed by atoms with Crippen molar-refractivity contribution in [3.8, 4) is 0 Å². The molecule has 2 atom stereocenters. The maximum atomic E-state index is 11.1. The van der Waals surface area contributed by atoms with Crippen LogP contribution in [-0.4, -0.2) is 18.0 Å². The number of hydrogen-bond donors (Lipinski definition) is 2. The molecule has 1 rings (SSSR count). The van der Waals surface area contributed by atoms with Gasteiger partial charge in [0.1, 0.15) is 0 Å². The molecule has 1 fully saturated rings. The Hall–Kier alpha value is -0.570. The molecule has 0 unspecified atom stereocenters. The molecule has 0 aromatic heterocycles. The molecule has 12 heavy (non-hydrogen) atoms. The van der Waals surface area contributed by atoms with Gasteiger partial charge in [-0.2, -0.15) is 0 Å². The van der Waals surface area contributed by atoms with Crippen LogP contribution in [0.3, 0.4) is 0 Å². The van der Waals surface area contributed by atoms with Crippen LogP contribution in [0.2, 0.25) is 0 Å². The van der Waals surface area contributed by atoms with Crippen molar-refractivity contribution in [3.63, 3.8) is 0 Å². The quantitative estimate of drug-likeness (QED) is 0.560. The molecular formula is C9H18N2O. The van der Waals surface area contributed by atoms with Gasteiger partial charge in [0.05, 0.1) is 0 Å². The highest BCUT2D eigenvalue weighted by Crippen LogP contribution is 2.25. The Morgan fingerprint density at radius 1 is 1.50 bits per heavy atom. The first-order chi connectivity index (χ1) is 5.41. The molecule has 1 aliphatic heterocycles. The second-order valence-electron chi connectivity index (χ2n) is 4.61. The zero-order chi connectivity index (χ0) is 9.35. The fraction of sp³-hybridized carbons (Fsp3) is 0.889. The molecule has 1 saturated heterocycles. The van der Waals surface area contributed by atoms with Crippen molar-refractivity contribution >= 4 is 5.91 Å². The average Bonchev–Trinajstić information content (AvgIpc) is 1.92. The summed E-state index contributed by atoms with van der Waals surface area (Å²) in [5, 5.41) is 2.94. The summed E-state index contributed by atoms with van der Waals surface area (Å²) in [6, 6.07) is 0.237. The monoisotopic (exact) mass is 170 g/mol. The van der Waals surface area contributed by atoms with Crippen LogP contribution in [0.15, 0.2) is 0 Å². The minimum absolute atomic E-state index is 0.0650. The van der Waals surface area contributed by atoms with Gasteiger partial charge in [-0.1, -0.05) is 20.8 Å². The van der Waals surface area contributed by atoms with Gasteiger partial charge >= 0.3 is 0 Å². The predicted octanol–water partition coefficient (Wildman–Crippen LogP) is 0.638. The summed E-state index contributed by atoms with van der Waals surface area (Å²) in [6.45, 7) is 6.30. The van der Waals surface area contributed by atoms with E-state index in [0.717, 1.165) is 6.42 Å². The van der Waals surface area contributed by atoms with Crippen molar-refractivity contribution < 1.29 is 4.79 Å². The van der Waals surface area contributed by atoms with Crippen molar-refractivity contribution in [2.75, 3.05) is 0 Å². The molecule has 70 valence electrons. The number of carbonyl (C=O) groups is 1. The van der Waals surface area contributed by atoms with Crippen molar-refractivity contribution in [2.24, 2.45) is 11.1 Å². The van der Waals surface area contributed by atoms with Gasteiger partial charge in [0.25, 0.3) is 0 Å². The summed E-state index contributed by atoms with van der Waals surface area (Å²) in [7, 11) is 0. The molecule has 3 N–H and O–H groups in total. The number of hydrogen-bond acceptors (Lipinski definition) is 2. The van der Waals surface area contributed by atoms with Crippen molar-refractivity contribution in [2.45, 2.75) is 45.7 Å². The van der Waals surface area contributed by atoms with Gasteiger partial charge in [-0.3, -0.25) is 4.79 Å². The van der Waals surface area contributed by atoms with Crippen LogP contribution in [0.25, 0.3) is 0 Å². The highest BCUT2D eigenvalue weighted by molar-refractivity contribution is 5.77. The lowest BCUT2D eigenvalue weighted by Gasteiger charge is -2.38. The van der Waals surface area contributed by atoms with Gasteiger partial charge in [-0.15, -0.1) is 0 Å². The predicted molar refractivity (Wildman–Crippen MR) is 48.6 cm³/mol. The topological polar surface area (TPSA) is 55.1 Å². The number of carbonyl (C=O) groups excluding carboxylic acids is 1. The Labute approximate surface area is 73.7 Å². The Balaban J connectivity index is 2.67. The highest BCUT2D eigenvalue weighted by atomic mass is 16.1. The second kappa shape index (κ2) is 3.05. The number of rotatable bonds is 0. The number of nitrogens with two attached hydrogens (primary N) is 1. The van der Waals surface area contributed by atoms with Gasteiger partial charge in [0.15, 0.2) is 0 Å². The Morgan fingerprint density at radius 2 is 2.08 bits per heavy atom. The van der Waals surface area contributed by atoms with Gasteiger partial charge < -0.3 is 11.1 Å². The second-order valence-corrected chi connectivity index (χ2v) is 4.61.